The summed E-state index contributed by atoms with van der Waals surface area (Å²) in [7, 11) is 0. The molecular formula is C21H16N4O6. The molecule has 10 nitrogen and oxygen atoms in total. The number of anilines is 2. The van der Waals surface area contributed by atoms with Crippen molar-refractivity contribution in [2.75, 3.05) is 16.8 Å². The third-order valence-corrected chi connectivity index (χ3v) is 4.88. The lowest BCUT2D eigenvalue weighted by atomic mass is 10.2. The van der Waals surface area contributed by atoms with Gasteiger partial charge in [0.15, 0.2) is 11.5 Å². The first-order valence-electron chi connectivity index (χ1n) is 9.57. The minimum atomic E-state index is -0.595. The highest BCUT2D eigenvalue weighted by Gasteiger charge is 2.30. The minimum absolute atomic E-state index is 0.0866. The van der Waals surface area contributed by atoms with Gasteiger partial charge in [0.05, 0.1) is 5.69 Å². The molecule has 31 heavy (non-hydrogen) atoms. The van der Waals surface area contributed by atoms with Crippen molar-refractivity contribution in [1.82, 2.24) is 10.2 Å². The molecule has 10 heteroatoms. The SMILES string of the molecule is O=C(Nc1nnc(C2COc3ccccc3O2)o1)c1ccc(N2C(=O)CCC2=O)cc1. The van der Waals surface area contributed by atoms with Gasteiger partial charge < -0.3 is 13.9 Å². The average Bonchev–Trinajstić information content (AvgIpc) is 3.39. The van der Waals surface area contributed by atoms with Crippen LogP contribution < -0.4 is 19.7 Å². The number of imide groups is 1. The van der Waals surface area contributed by atoms with E-state index in [1.54, 1.807) is 24.3 Å². The molecule has 3 amide bonds. The van der Waals surface area contributed by atoms with Crippen LogP contribution in [0.25, 0.3) is 0 Å². The van der Waals surface area contributed by atoms with Crippen molar-refractivity contribution in [3.05, 3.63) is 60.0 Å². The van der Waals surface area contributed by atoms with Crippen molar-refractivity contribution < 1.29 is 28.3 Å². The molecule has 2 aliphatic rings. The molecular weight excluding hydrogens is 404 g/mol. The number of benzene rings is 2. The molecule has 3 heterocycles. The van der Waals surface area contributed by atoms with E-state index in [9.17, 15) is 14.4 Å². The summed E-state index contributed by atoms with van der Waals surface area (Å²) in [4.78, 5) is 37.3. The third-order valence-electron chi connectivity index (χ3n) is 4.88. The van der Waals surface area contributed by atoms with Gasteiger partial charge in [-0.2, -0.15) is 0 Å². The Labute approximate surface area is 175 Å². The number of nitrogens with one attached hydrogen (secondary N) is 1. The van der Waals surface area contributed by atoms with Gasteiger partial charge in [-0.15, -0.1) is 5.10 Å². The molecule has 156 valence electrons. The fourth-order valence-corrected chi connectivity index (χ4v) is 3.35. The first kappa shape index (κ1) is 18.8. The second kappa shape index (κ2) is 7.56. The minimum Gasteiger partial charge on any atom is -0.485 e. The van der Waals surface area contributed by atoms with Crippen molar-refractivity contribution in [3.63, 3.8) is 0 Å². The van der Waals surface area contributed by atoms with E-state index in [1.165, 1.54) is 12.1 Å². The zero-order chi connectivity index (χ0) is 21.4. The number of carbonyl (C=O) groups excluding carboxylic acids is 3. The summed E-state index contributed by atoms with van der Waals surface area (Å²) in [6.45, 7) is 0.196. The monoisotopic (exact) mass is 420 g/mol. The summed E-state index contributed by atoms with van der Waals surface area (Å²) in [5, 5.41) is 10.3. The van der Waals surface area contributed by atoms with Crippen LogP contribution in [0, 0.1) is 0 Å². The third kappa shape index (κ3) is 3.59. The van der Waals surface area contributed by atoms with Crippen molar-refractivity contribution in [2.45, 2.75) is 18.9 Å². The highest BCUT2D eigenvalue weighted by atomic mass is 16.6. The number of nitrogens with zero attached hydrogens (tertiary/aromatic N) is 3. The van der Waals surface area contributed by atoms with Gasteiger partial charge in [0, 0.05) is 18.4 Å². The maximum absolute atomic E-state index is 12.5. The van der Waals surface area contributed by atoms with Crippen LogP contribution in [0.4, 0.5) is 11.7 Å². The van der Waals surface area contributed by atoms with Gasteiger partial charge in [-0.05, 0) is 36.4 Å². The van der Waals surface area contributed by atoms with Crippen LogP contribution in [0.1, 0.15) is 35.2 Å². The number of hydrogen-bond acceptors (Lipinski definition) is 8. The van der Waals surface area contributed by atoms with Crippen LogP contribution in [0.2, 0.25) is 0 Å². The Morgan fingerprint density at radius 1 is 0.968 bits per heavy atom. The highest BCUT2D eigenvalue weighted by molar-refractivity contribution is 6.20. The van der Waals surface area contributed by atoms with Crippen LogP contribution in [0.15, 0.2) is 52.9 Å². The van der Waals surface area contributed by atoms with Gasteiger partial charge in [0.2, 0.25) is 17.9 Å². The standard InChI is InChI=1S/C21H16N4O6/c26-17-9-10-18(27)25(17)13-7-5-12(6-8-13)19(28)22-21-24-23-20(31-21)16-11-29-14-3-1-2-4-15(14)30-16/h1-8,16H,9-11H2,(H,22,24,28). The van der Waals surface area contributed by atoms with Crippen molar-refractivity contribution >= 4 is 29.4 Å². The maximum atomic E-state index is 12.5. The predicted molar refractivity (Wildman–Crippen MR) is 106 cm³/mol. The van der Waals surface area contributed by atoms with Crippen LogP contribution in [0.5, 0.6) is 11.5 Å². The molecule has 0 aliphatic carbocycles. The lowest BCUT2D eigenvalue weighted by Gasteiger charge is -2.23. The Kier molecular flexibility index (Phi) is 4.58. The van der Waals surface area contributed by atoms with Crippen LogP contribution >= 0.6 is 0 Å². The van der Waals surface area contributed by atoms with Crippen molar-refractivity contribution in [2.24, 2.45) is 0 Å². The second-order valence-electron chi connectivity index (χ2n) is 6.93. The van der Waals surface area contributed by atoms with Crippen molar-refractivity contribution in [3.8, 4) is 11.5 Å². The predicted octanol–water partition coefficient (Wildman–Crippen LogP) is 2.49. The number of aromatic nitrogens is 2. The Morgan fingerprint density at radius 2 is 1.68 bits per heavy atom. The molecule has 1 atom stereocenters. The van der Waals surface area contributed by atoms with Gasteiger partial charge in [-0.3, -0.25) is 24.6 Å². The number of fused-ring (bicyclic) bond motifs is 1. The Bertz CT molecular complexity index is 1160. The molecule has 1 unspecified atom stereocenters. The van der Waals surface area contributed by atoms with Crippen LogP contribution in [-0.4, -0.2) is 34.5 Å². The summed E-state index contributed by atoms with van der Waals surface area (Å²) in [5.41, 5.74) is 0.729. The molecule has 1 aromatic heterocycles. The largest absolute Gasteiger partial charge is 0.485 e. The molecule has 1 N–H and O–H groups in total. The van der Waals surface area contributed by atoms with Gasteiger partial charge in [0.25, 0.3) is 11.8 Å². The quantitative estimate of drug-likeness (QED) is 0.639. The van der Waals surface area contributed by atoms with Crippen LogP contribution in [-0.2, 0) is 9.59 Å². The molecule has 1 saturated heterocycles. The number of para-hydroxylation sites is 2. The molecule has 0 saturated carbocycles. The molecule has 2 aliphatic heterocycles. The van der Waals surface area contributed by atoms with E-state index in [1.807, 2.05) is 12.1 Å². The summed E-state index contributed by atoms with van der Waals surface area (Å²) < 4.78 is 16.9. The summed E-state index contributed by atoms with van der Waals surface area (Å²) >= 11 is 0. The van der Waals surface area contributed by atoms with E-state index in [0.29, 0.717) is 22.7 Å². The normalized spacial score (nSPS) is 17.7. The Morgan fingerprint density at radius 3 is 2.42 bits per heavy atom. The Balaban J connectivity index is 1.25. The van der Waals surface area contributed by atoms with Gasteiger partial charge in [-0.1, -0.05) is 17.2 Å². The Hall–Kier alpha value is -4.21. The lowest BCUT2D eigenvalue weighted by molar-refractivity contribution is -0.121. The van der Waals surface area contributed by atoms with Crippen LogP contribution in [0.3, 0.4) is 0 Å². The van der Waals surface area contributed by atoms with Gasteiger partial charge >= 0.3 is 6.01 Å². The number of hydrogen-bond donors (Lipinski definition) is 1. The summed E-state index contributed by atoms with van der Waals surface area (Å²) in [5.74, 6) is 0.387. The molecule has 0 spiro atoms. The van der Waals surface area contributed by atoms with E-state index in [2.05, 4.69) is 15.5 Å². The molecule has 3 aromatic rings. The van der Waals surface area contributed by atoms with E-state index in [-0.39, 0.29) is 43.2 Å². The fraction of sp³-hybridized carbons (Fsp3) is 0.190. The molecule has 5 rings (SSSR count). The zero-order valence-corrected chi connectivity index (χ0v) is 16.1. The number of ether oxygens (including phenoxy) is 2. The lowest BCUT2D eigenvalue weighted by Crippen LogP contribution is -2.28. The number of rotatable bonds is 4. The number of carbonyl (C=O) groups is 3. The molecule has 1 fully saturated rings. The first-order chi connectivity index (χ1) is 15.1. The molecule has 2 aromatic carbocycles. The van der Waals surface area contributed by atoms with E-state index in [0.717, 1.165) is 4.90 Å². The second-order valence-corrected chi connectivity index (χ2v) is 6.93. The van der Waals surface area contributed by atoms with E-state index < -0.39 is 12.0 Å². The molecule has 0 radical (unpaired) electrons. The fourth-order valence-electron chi connectivity index (χ4n) is 3.35. The zero-order valence-electron chi connectivity index (χ0n) is 16.1. The number of amides is 3. The molecule has 0 bridgehead atoms. The maximum Gasteiger partial charge on any atom is 0.322 e. The average molecular weight is 420 g/mol. The highest BCUT2D eigenvalue weighted by Crippen LogP contribution is 2.35. The van der Waals surface area contributed by atoms with Gasteiger partial charge in [0.1, 0.15) is 6.61 Å². The summed E-state index contributed by atoms with van der Waals surface area (Å²) in [6, 6.07) is 13.3. The first-order valence-corrected chi connectivity index (χ1v) is 9.57. The van der Waals surface area contributed by atoms with E-state index >= 15 is 0 Å². The van der Waals surface area contributed by atoms with Gasteiger partial charge in [-0.25, -0.2) is 0 Å². The van der Waals surface area contributed by atoms with E-state index in [4.69, 9.17) is 13.9 Å². The smallest absolute Gasteiger partial charge is 0.322 e. The topological polar surface area (TPSA) is 124 Å². The van der Waals surface area contributed by atoms with Crippen molar-refractivity contribution in [1.29, 1.82) is 0 Å². The summed E-state index contributed by atoms with van der Waals surface area (Å²) in [6.07, 6.45) is -0.202.